The topological polar surface area (TPSA) is 51.5 Å². The SMILES string of the molecule is O=C(O)c1cccc2c1ccn2-c1cc(Cl)ccc1OCc1cc(F)cc(F)c1. The number of halogens is 3. The molecule has 146 valence electrons. The van der Waals surface area contributed by atoms with Crippen molar-refractivity contribution < 1.29 is 23.4 Å². The molecule has 4 nitrogen and oxygen atoms in total. The molecule has 0 radical (unpaired) electrons. The summed E-state index contributed by atoms with van der Waals surface area (Å²) >= 11 is 6.16. The van der Waals surface area contributed by atoms with E-state index < -0.39 is 17.6 Å². The third kappa shape index (κ3) is 3.79. The molecule has 0 fully saturated rings. The van der Waals surface area contributed by atoms with Gasteiger partial charge in [0.05, 0.1) is 16.8 Å². The first-order valence-electron chi connectivity index (χ1n) is 8.63. The lowest BCUT2D eigenvalue weighted by Crippen LogP contribution is -2.02. The van der Waals surface area contributed by atoms with Gasteiger partial charge in [0.15, 0.2) is 0 Å². The van der Waals surface area contributed by atoms with Crippen molar-refractivity contribution in [3.8, 4) is 11.4 Å². The first-order chi connectivity index (χ1) is 13.9. The molecule has 0 spiro atoms. The third-order valence-corrected chi connectivity index (χ3v) is 4.70. The predicted octanol–water partition coefficient (Wildman–Crippen LogP) is 5.84. The van der Waals surface area contributed by atoms with Gasteiger partial charge in [-0.1, -0.05) is 17.7 Å². The first-order valence-corrected chi connectivity index (χ1v) is 9.01. The standard InChI is InChI=1S/C22H14ClF2NO3/c23-14-4-5-21(29-12-13-8-15(24)11-16(25)9-13)20(10-14)26-7-6-17-18(22(27)28)2-1-3-19(17)26/h1-11H,12H2,(H,27,28). The summed E-state index contributed by atoms with van der Waals surface area (Å²) in [5.41, 5.74) is 1.76. The zero-order valence-corrected chi connectivity index (χ0v) is 15.7. The van der Waals surface area contributed by atoms with Crippen molar-refractivity contribution in [1.29, 1.82) is 0 Å². The van der Waals surface area contributed by atoms with Gasteiger partial charge < -0.3 is 14.4 Å². The third-order valence-electron chi connectivity index (χ3n) is 4.46. The fourth-order valence-electron chi connectivity index (χ4n) is 3.22. The van der Waals surface area contributed by atoms with Crippen LogP contribution in [-0.4, -0.2) is 15.6 Å². The summed E-state index contributed by atoms with van der Waals surface area (Å²) in [4.78, 5) is 11.5. The van der Waals surface area contributed by atoms with E-state index in [1.54, 1.807) is 47.2 Å². The molecule has 1 heterocycles. The lowest BCUT2D eigenvalue weighted by molar-refractivity contribution is 0.0699. The zero-order valence-electron chi connectivity index (χ0n) is 14.9. The van der Waals surface area contributed by atoms with Crippen LogP contribution in [0, 0.1) is 11.6 Å². The van der Waals surface area contributed by atoms with Crippen LogP contribution in [0.15, 0.2) is 66.9 Å². The van der Waals surface area contributed by atoms with Gasteiger partial charge in [0, 0.05) is 22.7 Å². The Kier molecular flexibility index (Phi) is 4.94. The van der Waals surface area contributed by atoms with Crippen molar-refractivity contribution in [2.75, 3.05) is 0 Å². The van der Waals surface area contributed by atoms with Gasteiger partial charge in [-0.2, -0.15) is 0 Å². The van der Waals surface area contributed by atoms with Crippen LogP contribution in [0.5, 0.6) is 5.75 Å². The largest absolute Gasteiger partial charge is 0.487 e. The fourth-order valence-corrected chi connectivity index (χ4v) is 3.39. The summed E-state index contributed by atoms with van der Waals surface area (Å²) in [7, 11) is 0. The smallest absolute Gasteiger partial charge is 0.336 e. The summed E-state index contributed by atoms with van der Waals surface area (Å²) in [6, 6.07) is 14.8. The molecule has 4 aromatic rings. The lowest BCUT2D eigenvalue weighted by Gasteiger charge is -2.14. The van der Waals surface area contributed by atoms with E-state index >= 15 is 0 Å². The Hall–Kier alpha value is -3.38. The average molecular weight is 414 g/mol. The van der Waals surface area contributed by atoms with Gasteiger partial charge in [-0.3, -0.25) is 0 Å². The van der Waals surface area contributed by atoms with E-state index in [0.29, 0.717) is 32.9 Å². The van der Waals surface area contributed by atoms with Gasteiger partial charge in [-0.25, -0.2) is 13.6 Å². The summed E-state index contributed by atoms with van der Waals surface area (Å²) in [5.74, 6) is -1.96. The number of benzene rings is 3. The molecule has 29 heavy (non-hydrogen) atoms. The Labute approximate surface area is 169 Å². The van der Waals surface area contributed by atoms with Crippen molar-refractivity contribution in [2.45, 2.75) is 6.61 Å². The molecule has 0 saturated carbocycles. The Morgan fingerprint density at radius 3 is 2.52 bits per heavy atom. The number of rotatable bonds is 5. The first kappa shape index (κ1) is 19.0. The maximum absolute atomic E-state index is 13.4. The minimum atomic E-state index is -1.02. The Morgan fingerprint density at radius 1 is 1.03 bits per heavy atom. The molecule has 0 aliphatic rings. The number of carboxylic acids is 1. The normalized spacial score (nSPS) is 11.0. The number of ether oxygens (including phenoxy) is 1. The molecule has 3 aromatic carbocycles. The second kappa shape index (κ2) is 7.56. The molecule has 0 aliphatic heterocycles. The summed E-state index contributed by atoms with van der Waals surface area (Å²) < 4.78 is 34.4. The van der Waals surface area contributed by atoms with Crippen molar-refractivity contribution >= 4 is 28.5 Å². The molecule has 0 bridgehead atoms. The molecule has 0 saturated heterocycles. The number of carbonyl (C=O) groups is 1. The maximum Gasteiger partial charge on any atom is 0.336 e. The quantitative estimate of drug-likeness (QED) is 0.447. The van der Waals surface area contributed by atoms with E-state index in [4.69, 9.17) is 16.3 Å². The van der Waals surface area contributed by atoms with Gasteiger partial charge in [-0.15, -0.1) is 0 Å². The van der Waals surface area contributed by atoms with E-state index in [1.165, 1.54) is 18.2 Å². The van der Waals surface area contributed by atoms with E-state index in [1.807, 2.05) is 0 Å². The van der Waals surface area contributed by atoms with Gasteiger partial charge in [-0.05, 0) is 54.1 Å². The van der Waals surface area contributed by atoms with Crippen LogP contribution >= 0.6 is 11.6 Å². The monoisotopic (exact) mass is 413 g/mol. The van der Waals surface area contributed by atoms with Crippen molar-refractivity contribution in [2.24, 2.45) is 0 Å². The van der Waals surface area contributed by atoms with E-state index in [9.17, 15) is 18.7 Å². The minimum absolute atomic E-state index is 0.0527. The van der Waals surface area contributed by atoms with Gasteiger partial charge in [0.1, 0.15) is 24.0 Å². The molecule has 0 atom stereocenters. The highest BCUT2D eigenvalue weighted by Gasteiger charge is 2.15. The summed E-state index contributed by atoms with van der Waals surface area (Å²) in [6.07, 6.45) is 1.72. The molecule has 4 rings (SSSR count). The molecule has 0 aliphatic carbocycles. The molecule has 7 heteroatoms. The minimum Gasteiger partial charge on any atom is -0.487 e. The highest BCUT2D eigenvalue weighted by atomic mass is 35.5. The van der Waals surface area contributed by atoms with Crippen LogP contribution in [-0.2, 0) is 6.61 Å². The maximum atomic E-state index is 13.4. The predicted molar refractivity (Wildman–Crippen MR) is 106 cm³/mol. The summed E-state index contributed by atoms with van der Waals surface area (Å²) in [6.45, 7) is -0.0527. The number of hydrogen-bond donors (Lipinski definition) is 1. The van der Waals surface area contributed by atoms with Gasteiger partial charge in [0.2, 0.25) is 0 Å². The van der Waals surface area contributed by atoms with Crippen LogP contribution in [0.1, 0.15) is 15.9 Å². The van der Waals surface area contributed by atoms with Crippen molar-refractivity contribution in [3.05, 3.63) is 94.6 Å². The van der Waals surface area contributed by atoms with Crippen LogP contribution < -0.4 is 4.74 Å². The fraction of sp³-hybridized carbons (Fsp3) is 0.0455. The number of aromatic carboxylic acids is 1. The molecule has 0 amide bonds. The van der Waals surface area contributed by atoms with Crippen LogP contribution in [0.3, 0.4) is 0 Å². The number of fused-ring (bicyclic) bond motifs is 1. The van der Waals surface area contributed by atoms with Crippen molar-refractivity contribution in [1.82, 2.24) is 4.57 Å². The highest BCUT2D eigenvalue weighted by Crippen LogP contribution is 2.32. The van der Waals surface area contributed by atoms with E-state index in [-0.39, 0.29) is 12.2 Å². The number of hydrogen-bond acceptors (Lipinski definition) is 2. The molecular weight excluding hydrogens is 400 g/mol. The molecule has 1 N–H and O–H groups in total. The average Bonchev–Trinajstić information content (AvgIpc) is 3.10. The van der Waals surface area contributed by atoms with Gasteiger partial charge >= 0.3 is 5.97 Å². The van der Waals surface area contributed by atoms with Crippen LogP contribution in [0.4, 0.5) is 8.78 Å². The number of carboxylic acid groups (broad SMARTS) is 1. The van der Waals surface area contributed by atoms with Crippen molar-refractivity contribution in [3.63, 3.8) is 0 Å². The van der Waals surface area contributed by atoms with E-state index in [2.05, 4.69) is 0 Å². The van der Waals surface area contributed by atoms with Gasteiger partial charge in [0.25, 0.3) is 0 Å². The van der Waals surface area contributed by atoms with Crippen LogP contribution in [0.25, 0.3) is 16.6 Å². The highest BCUT2D eigenvalue weighted by molar-refractivity contribution is 6.30. The molecule has 1 aromatic heterocycles. The number of aromatic nitrogens is 1. The zero-order chi connectivity index (χ0) is 20.5. The summed E-state index contributed by atoms with van der Waals surface area (Å²) in [5, 5.41) is 10.4. The Balaban J connectivity index is 1.75. The molecule has 0 unspecified atom stereocenters. The van der Waals surface area contributed by atoms with E-state index in [0.717, 1.165) is 6.07 Å². The van der Waals surface area contributed by atoms with Crippen LogP contribution in [0.2, 0.25) is 5.02 Å². The molecular formula is C22H14ClF2NO3. The second-order valence-corrected chi connectivity index (χ2v) is 6.84. The Morgan fingerprint density at radius 2 is 1.79 bits per heavy atom. The second-order valence-electron chi connectivity index (χ2n) is 6.41. The number of nitrogens with zero attached hydrogens (tertiary/aromatic N) is 1. The Bertz CT molecular complexity index is 1220. The lowest BCUT2D eigenvalue weighted by atomic mass is 10.1.